The van der Waals surface area contributed by atoms with Gasteiger partial charge in [-0.2, -0.15) is 0 Å². The number of nitrogens with one attached hydrogen (secondary N) is 1. The second kappa shape index (κ2) is 2.58. The van der Waals surface area contributed by atoms with Gasteiger partial charge in [0.25, 0.3) is 0 Å². The molecule has 2 rings (SSSR count). The van der Waals surface area contributed by atoms with E-state index in [1.54, 1.807) is 12.4 Å². The third kappa shape index (κ3) is 1.12. The lowest BCUT2D eigenvalue weighted by atomic mass is 10.1. The number of fused-ring (bicyclic) bond motifs is 1. The molecule has 1 unspecified atom stereocenters. The molecule has 0 fully saturated rings. The second-order valence-electron chi connectivity index (χ2n) is 2.81. The average molecular weight is 149 g/mol. The predicted molar refractivity (Wildman–Crippen MR) is 42.2 cm³/mol. The fraction of sp³-hybridized carbons (Fsp3) is 0.500. The van der Waals surface area contributed by atoms with Gasteiger partial charge in [-0.05, 0) is 6.92 Å². The lowest BCUT2D eigenvalue weighted by Crippen LogP contribution is -2.29. The summed E-state index contributed by atoms with van der Waals surface area (Å²) in [6.45, 7) is 3.14. The summed E-state index contributed by atoms with van der Waals surface area (Å²) in [6.07, 6.45) is 4.52. The van der Waals surface area contributed by atoms with Crippen LogP contribution in [0.5, 0.6) is 0 Å². The molecule has 1 N–H and O–H groups in total. The Morgan fingerprint density at radius 2 is 2.27 bits per heavy atom. The first-order valence-electron chi connectivity index (χ1n) is 3.91. The molecule has 0 aliphatic carbocycles. The molecule has 1 aliphatic heterocycles. The molecule has 1 atom stereocenters. The van der Waals surface area contributed by atoms with Crippen LogP contribution in [0.4, 0.5) is 0 Å². The van der Waals surface area contributed by atoms with E-state index in [9.17, 15) is 0 Å². The molecular weight excluding hydrogens is 138 g/mol. The quantitative estimate of drug-likeness (QED) is 0.589. The van der Waals surface area contributed by atoms with Crippen LogP contribution in [0.2, 0.25) is 0 Å². The van der Waals surface area contributed by atoms with Crippen molar-refractivity contribution in [2.75, 3.05) is 6.54 Å². The van der Waals surface area contributed by atoms with Crippen molar-refractivity contribution < 1.29 is 0 Å². The second-order valence-corrected chi connectivity index (χ2v) is 2.81. The van der Waals surface area contributed by atoms with Gasteiger partial charge in [0.1, 0.15) is 0 Å². The van der Waals surface area contributed by atoms with E-state index >= 15 is 0 Å². The molecule has 0 radical (unpaired) electrons. The van der Waals surface area contributed by atoms with Gasteiger partial charge in [-0.1, -0.05) is 0 Å². The predicted octanol–water partition coefficient (Wildman–Crippen LogP) is 0.683. The van der Waals surface area contributed by atoms with E-state index in [1.807, 2.05) is 0 Å². The minimum absolute atomic E-state index is 0.368. The maximum absolute atomic E-state index is 4.28. The van der Waals surface area contributed by atoms with Crippen LogP contribution >= 0.6 is 0 Å². The van der Waals surface area contributed by atoms with Crippen molar-refractivity contribution in [2.45, 2.75) is 19.4 Å². The van der Waals surface area contributed by atoms with Crippen molar-refractivity contribution >= 4 is 0 Å². The molecule has 0 saturated heterocycles. The summed E-state index contributed by atoms with van der Waals surface area (Å²) in [5.41, 5.74) is 2.26. The Bertz CT molecular complexity index is 259. The number of aromatic nitrogens is 2. The monoisotopic (exact) mass is 149 g/mol. The Balaban J connectivity index is 2.44. The van der Waals surface area contributed by atoms with Gasteiger partial charge < -0.3 is 5.32 Å². The van der Waals surface area contributed by atoms with Crippen LogP contribution in [-0.2, 0) is 6.42 Å². The highest BCUT2D eigenvalue weighted by molar-refractivity contribution is 5.17. The summed E-state index contributed by atoms with van der Waals surface area (Å²) in [6, 6.07) is 0.368. The van der Waals surface area contributed by atoms with Crippen LogP contribution in [0.25, 0.3) is 0 Å². The molecule has 0 bridgehead atoms. The van der Waals surface area contributed by atoms with E-state index in [0.717, 1.165) is 24.4 Å². The van der Waals surface area contributed by atoms with Gasteiger partial charge >= 0.3 is 0 Å². The normalized spacial score (nSPS) is 22.8. The van der Waals surface area contributed by atoms with Crippen LogP contribution in [0.3, 0.4) is 0 Å². The first-order valence-corrected chi connectivity index (χ1v) is 3.91. The zero-order valence-corrected chi connectivity index (χ0v) is 6.54. The SMILES string of the molecule is CC1NCCc2nccnc21. The molecule has 0 amide bonds. The fourth-order valence-corrected chi connectivity index (χ4v) is 1.44. The van der Waals surface area contributed by atoms with E-state index in [1.165, 1.54) is 0 Å². The Labute approximate surface area is 65.9 Å². The molecule has 0 aromatic carbocycles. The molecule has 2 heterocycles. The van der Waals surface area contributed by atoms with Crippen molar-refractivity contribution in [1.29, 1.82) is 0 Å². The maximum atomic E-state index is 4.28. The highest BCUT2D eigenvalue weighted by atomic mass is 15.0. The first kappa shape index (κ1) is 6.73. The molecule has 11 heavy (non-hydrogen) atoms. The molecular formula is C8H11N3. The third-order valence-corrected chi connectivity index (χ3v) is 2.03. The lowest BCUT2D eigenvalue weighted by Gasteiger charge is -2.20. The van der Waals surface area contributed by atoms with E-state index < -0.39 is 0 Å². The number of hydrogen-bond donors (Lipinski definition) is 1. The van der Waals surface area contributed by atoms with Gasteiger partial charge in [0, 0.05) is 31.4 Å². The van der Waals surface area contributed by atoms with Gasteiger partial charge in [-0.3, -0.25) is 9.97 Å². The van der Waals surface area contributed by atoms with Crippen molar-refractivity contribution in [2.24, 2.45) is 0 Å². The Hall–Kier alpha value is -0.960. The molecule has 3 nitrogen and oxygen atoms in total. The van der Waals surface area contributed by atoms with Gasteiger partial charge in [0.15, 0.2) is 0 Å². The standard InChI is InChI=1S/C8H11N3/c1-6-8-7(2-3-9-6)10-4-5-11-8/h4-6,9H,2-3H2,1H3. The molecule has 3 heteroatoms. The summed E-state index contributed by atoms with van der Waals surface area (Å²) in [5.74, 6) is 0. The summed E-state index contributed by atoms with van der Waals surface area (Å²) >= 11 is 0. The van der Waals surface area contributed by atoms with E-state index in [2.05, 4.69) is 22.2 Å². The highest BCUT2D eigenvalue weighted by Gasteiger charge is 2.16. The van der Waals surface area contributed by atoms with Gasteiger partial charge in [-0.15, -0.1) is 0 Å². The Kier molecular flexibility index (Phi) is 1.58. The molecule has 1 aromatic rings. The molecule has 0 saturated carbocycles. The Morgan fingerprint density at radius 3 is 3.09 bits per heavy atom. The van der Waals surface area contributed by atoms with Crippen LogP contribution < -0.4 is 5.32 Å². The molecule has 1 aromatic heterocycles. The zero-order valence-electron chi connectivity index (χ0n) is 6.54. The fourth-order valence-electron chi connectivity index (χ4n) is 1.44. The summed E-state index contributed by atoms with van der Waals surface area (Å²) in [5, 5.41) is 3.34. The maximum Gasteiger partial charge on any atom is 0.0785 e. The summed E-state index contributed by atoms with van der Waals surface area (Å²) in [7, 11) is 0. The lowest BCUT2D eigenvalue weighted by molar-refractivity contribution is 0.517. The van der Waals surface area contributed by atoms with E-state index in [4.69, 9.17) is 0 Å². The zero-order chi connectivity index (χ0) is 7.68. The largest absolute Gasteiger partial charge is 0.308 e. The van der Waals surface area contributed by atoms with Crippen molar-refractivity contribution in [3.05, 3.63) is 23.8 Å². The van der Waals surface area contributed by atoms with Crippen LogP contribution in [0, 0.1) is 0 Å². The van der Waals surface area contributed by atoms with Crippen LogP contribution in [-0.4, -0.2) is 16.5 Å². The van der Waals surface area contributed by atoms with Crippen LogP contribution in [0.1, 0.15) is 24.4 Å². The topological polar surface area (TPSA) is 37.8 Å². The van der Waals surface area contributed by atoms with Crippen LogP contribution in [0.15, 0.2) is 12.4 Å². The van der Waals surface area contributed by atoms with Gasteiger partial charge in [0.05, 0.1) is 11.4 Å². The molecule has 58 valence electrons. The minimum atomic E-state index is 0.368. The highest BCUT2D eigenvalue weighted by Crippen LogP contribution is 2.16. The molecule has 0 spiro atoms. The first-order chi connectivity index (χ1) is 5.38. The van der Waals surface area contributed by atoms with E-state index in [-0.39, 0.29) is 0 Å². The van der Waals surface area contributed by atoms with Gasteiger partial charge in [0.2, 0.25) is 0 Å². The van der Waals surface area contributed by atoms with Crippen molar-refractivity contribution in [3.63, 3.8) is 0 Å². The summed E-state index contributed by atoms with van der Waals surface area (Å²) in [4.78, 5) is 8.54. The van der Waals surface area contributed by atoms with Gasteiger partial charge in [-0.25, -0.2) is 0 Å². The Morgan fingerprint density at radius 1 is 1.45 bits per heavy atom. The number of hydrogen-bond acceptors (Lipinski definition) is 3. The van der Waals surface area contributed by atoms with Crippen molar-refractivity contribution in [3.8, 4) is 0 Å². The number of rotatable bonds is 0. The number of nitrogens with zero attached hydrogens (tertiary/aromatic N) is 2. The summed E-state index contributed by atoms with van der Waals surface area (Å²) < 4.78 is 0. The third-order valence-electron chi connectivity index (χ3n) is 2.03. The minimum Gasteiger partial charge on any atom is -0.308 e. The smallest absolute Gasteiger partial charge is 0.0785 e. The molecule has 1 aliphatic rings. The van der Waals surface area contributed by atoms with Crippen molar-refractivity contribution in [1.82, 2.24) is 15.3 Å². The van der Waals surface area contributed by atoms with E-state index in [0.29, 0.717) is 6.04 Å². The average Bonchev–Trinajstić information content (AvgIpc) is 2.06.